The van der Waals surface area contributed by atoms with Crippen molar-refractivity contribution in [3.63, 3.8) is 0 Å². The van der Waals surface area contributed by atoms with Crippen LogP contribution in [0, 0.1) is 22.7 Å². The molecule has 0 aliphatic rings. The van der Waals surface area contributed by atoms with Gasteiger partial charge in [0.05, 0.1) is 31.0 Å². The summed E-state index contributed by atoms with van der Waals surface area (Å²) in [7, 11) is 2.81. The Morgan fingerprint density at radius 1 is 0.857 bits per heavy atom. The first kappa shape index (κ1) is 31.7. The van der Waals surface area contributed by atoms with Gasteiger partial charge in [-0.3, -0.25) is 4.79 Å². The zero-order valence-corrected chi connectivity index (χ0v) is 24.1. The molecule has 218 valence electrons. The highest BCUT2D eigenvalue weighted by atomic mass is 17.2. The monoisotopic (exact) mass is 572 g/mol. The number of carbonyl (C=O) groups excluding carboxylic acids is 1. The Kier molecular flexibility index (Phi) is 11.9. The fourth-order valence-corrected chi connectivity index (χ4v) is 4.08. The molecule has 0 aliphatic heterocycles. The van der Waals surface area contributed by atoms with Crippen LogP contribution in [0.25, 0.3) is 0 Å². The molecular weight excluding hydrogens is 540 g/mol. The average Bonchev–Trinajstić information content (AvgIpc) is 2.98. The normalized spacial score (nSPS) is 10.7. The molecule has 0 aromatic heterocycles. The highest BCUT2D eigenvalue weighted by Gasteiger charge is 2.15. The van der Waals surface area contributed by atoms with Gasteiger partial charge in [0.25, 0.3) is 0 Å². The van der Waals surface area contributed by atoms with Gasteiger partial charge in [0.15, 0.2) is 0 Å². The minimum Gasteiger partial charge on any atom is -0.457 e. The molecule has 0 heterocycles. The van der Waals surface area contributed by atoms with Crippen molar-refractivity contribution in [1.82, 2.24) is 0 Å². The van der Waals surface area contributed by atoms with Crippen LogP contribution in [0.5, 0.6) is 11.5 Å². The summed E-state index contributed by atoms with van der Waals surface area (Å²) in [6.45, 7) is 7.35. The minimum absolute atomic E-state index is 0.0744. The quantitative estimate of drug-likeness (QED) is 0.128. The zero-order chi connectivity index (χ0) is 30.5. The number of hydrogen-bond acceptors (Lipinski definition) is 11. The number of nitrogens with one attached hydrogen (secondary N) is 1. The number of carbonyl (C=O) groups is 1. The molecule has 3 rings (SSSR count). The van der Waals surface area contributed by atoms with Crippen molar-refractivity contribution < 1.29 is 29.1 Å². The van der Waals surface area contributed by atoms with Crippen LogP contribution < -0.4 is 15.0 Å². The van der Waals surface area contributed by atoms with Crippen LogP contribution in [-0.2, 0) is 37.6 Å². The summed E-state index contributed by atoms with van der Waals surface area (Å²) in [6, 6.07) is 17.8. The Labute approximate surface area is 244 Å². The summed E-state index contributed by atoms with van der Waals surface area (Å²) in [6.07, 6.45) is 0. The van der Waals surface area contributed by atoms with E-state index in [0.717, 1.165) is 29.9 Å². The van der Waals surface area contributed by atoms with E-state index in [4.69, 9.17) is 24.3 Å². The van der Waals surface area contributed by atoms with Crippen LogP contribution in [0.4, 0.5) is 22.7 Å². The fourth-order valence-electron chi connectivity index (χ4n) is 4.08. The molecule has 0 saturated heterocycles. The molecule has 42 heavy (non-hydrogen) atoms. The topological polar surface area (TPSA) is 151 Å². The van der Waals surface area contributed by atoms with Crippen LogP contribution >= 0.6 is 0 Å². The summed E-state index contributed by atoms with van der Waals surface area (Å²) in [5.74, 6) is 0.389. The van der Waals surface area contributed by atoms with Gasteiger partial charge in [-0.2, -0.15) is 10.5 Å². The van der Waals surface area contributed by atoms with Crippen LogP contribution in [0.15, 0.2) is 58.8 Å². The lowest BCUT2D eigenvalue weighted by atomic mass is 10.1. The molecule has 0 saturated carbocycles. The molecule has 0 bridgehead atoms. The largest absolute Gasteiger partial charge is 0.457 e. The van der Waals surface area contributed by atoms with Crippen molar-refractivity contribution >= 4 is 28.7 Å². The predicted octanol–water partition coefficient (Wildman–Crippen LogP) is 6.60. The van der Waals surface area contributed by atoms with Gasteiger partial charge in [0.1, 0.15) is 48.2 Å². The first-order valence-corrected chi connectivity index (χ1v) is 13.0. The van der Waals surface area contributed by atoms with Crippen molar-refractivity contribution in [1.29, 1.82) is 10.5 Å². The highest BCUT2D eigenvalue weighted by Crippen LogP contribution is 2.36. The smallest absolute Gasteiger partial charge is 0.221 e. The molecule has 3 aromatic rings. The van der Waals surface area contributed by atoms with Gasteiger partial charge in [0.2, 0.25) is 5.91 Å². The number of ether oxygens (including phenoxy) is 1. The molecule has 0 aliphatic carbocycles. The Bertz CT molecular complexity index is 1450. The van der Waals surface area contributed by atoms with Crippen LogP contribution in [0.2, 0.25) is 0 Å². The minimum atomic E-state index is -0.269. The molecule has 12 heteroatoms. The molecule has 0 spiro atoms. The van der Waals surface area contributed by atoms with E-state index < -0.39 is 0 Å². The Balaban J connectivity index is 1.98. The molecule has 1 amide bonds. The van der Waals surface area contributed by atoms with E-state index in [1.807, 2.05) is 32.0 Å². The van der Waals surface area contributed by atoms with Gasteiger partial charge < -0.3 is 15.0 Å². The summed E-state index contributed by atoms with van der Waals surface area (Å²) in [5, 5.41) is 31.1. The van der Waals surface area contributed by atoms with E-state index in [1.54, 1.807) is 18.2 Å². The molecule has 0 radical (unpaired) electrons. The van der Waals surface area contributed by atoms with Crippen molar-refractivity contribution in [2.45, 2.75) is 34.0 Å². The molecule has 0 fully saturated rings. The molecule has 3 aromatic carbocycles. The van der Waals surface area contributed by atoms with Crippen LogP contribution in [0.1, 0.15) is 43.0 Å². The first-order valence-electron chi connectivity index (χ1n) is 13.0. The second-order valence-corrected chi connectivity index (χ2v) is 8.79. The van der Waals surface area contributed by atoms with Crippen LogP contribution in [-0.4, -0.2) is 33.2 Å². The van der Waals surface area contributed by atoms with E-state index in [2.05, 4.69) is 32.6 Å². The molecule has 12 nitrogen and oxygen atoms in total. The number of hydrogen-bond donors (Lipinski definition) is 1. The van der Waals surface area contributed by atoms with Gasteiger partial charge in [-0.25, -0.2) is 19.6 Å². The number of nitrogens with zero attached hydrogens (tertiary/aromatic N) is 5. The van der Waals surface area contributed by atoms with Gasteiger partial charge >= 0.3 is 0 Å². The van der Waals surface area contributed by atoms with Crippen molar-refractivity contribution in [3.05, 3.63) is 70.8 Å². The summed E-state index contributed by atoms with van der Waals surface area (Å²) in [5.41, 5.74) is 3.44. The second-order valence-electron chi connectivity index (χ2n) is 8.79. The third-order valence-corrected chi connectivity index (χ3v) is 5.95. The van der Waals surface area contributed by atoms with Gasteiger partial charge in [-0.15, -0.1) is 10.2 Å². The number of nitriles is 2. The van der Waals surface area contributed by atoms with E-state index in [1.165, 1.54) is 33.3 Å². The summed E-state index contributed by atoms with van der Waals surface area (Å²) in [4.78, 5) is 33.5. The highest BCUT2D eigenvalue weighted by molar-refractivity contribution is 5.93. The Morgan fingerprint density at radius 3 is 1.93 bits per heavy atom. The number of rotatable bonds is 14. The van der Waals surface area contributed by atoms with Crippen molar-refractivity contribution in [2.24, 2.45) is 10.2 Å². The Hall–Kier alpha value is -4.85. The van der Waals surface area contributed by atoms with Crippen LogP contribution in [0.3, 0.4) is 0 Å². The Morgan fingerprint density at radius 2 is 1.43 bits per heavy atom. The second kappa shape index (κ2) is 15.8. The standard InChI is InChI=1S/C30H32N6O6/c1-6-36(7-2)25-8-9-28(29(15-25)33-20(3)37)34-35-30-23(16-31)13-27(14-24(30)17-32)42-26-11-21(18-40-38-4)10-22(12-26)19-41-39-5/h8-15H,6-7,18-19H2,1-5H3,(H,33,37). The average molecular weight is 573 g/mol. The summed E-state index contributed by atoms with van der Waals surface area (Å²) >= 11 is 0. The van der Waals surface area contributed by atoms with Crippen molar-refractivity contribution in [3.8, 4) is 23.6 Å². The number of azo groups is 1. The van der Waals surface area contributed by atoms with Crippen molar-refractivity contribution in [2.75, 3.05) is 37.5 Å². The third-order valence-electron chi connectivity index (χ3n) is 5.95. The number of anilines is 2. The van der Waals surface area contributed by atoms with E-state index >= 15 is 0 Å². The molecule has 0 unspecified atom stereocenters. The maximum atomic E-state index is 11.9. The molecular formula is C30H32N6O6. The van der Waals surface area contributed by atoms with E-state index in [-0.39, 0.29) is 41.7 Å². The SMILES string of the molecule is CCN(CC)c1ccc(N=Nc2c(C#N)cc(Oc3cc(COOC)cc(COOC)c3)cc2C#N)c(NC(C)=O)c1. The fraction of sp³-hybridized carbons (Fsp3) is 0.300. The lowest BCUT2D eigenvalue weighted by Crippen LogP contribution is -2.21. The van der Waals surface area contributed by atoms with E-state index in [0.29, 0.717) is 17.1 Å². The lowest BCUT2D eigenvalue weighted by molar-refractivity contribution is -0.283. The maximum absolute atomic E-state index is 11.9. The summed E-state index contributed by atoms with van der Waals surface area (Å²) < 4.78 is 6.02. The maximum Gasteiger partial charge on any atom is 0.221 e. The number of benzene rings is 3. The lowest BCUT2D eigenvalue weighted by Gasteiger charge is -2.22. The predicted molar refractivity (Wildman–Crippen MR) is 154 cm³/mol. The molecule has 1 N–H and O–H groups in total. The molecule has 0 atom stereocenters. The number of amides is 1. The van der Waals surface area contributed by atoms with Gasteiger partial charge in [-0.05, 0) is 55.3 Å². The van der Waals surface area contributed by atoms with Gasteiger partial charge in [0, 0.05) is 37.8 Å². The first-order chi connectivity index (χ1) is 20.3. The zero-order valence-electron chi connectivity index (χ0n) is 24.1. The van der Waals surface area contributed by atoms with E-state index in [9.17, 15) is 15.3 Å². The van der Waals surface area contributed by atoms with Gasteiger partial charge in [-0.1, -0.05) is 6.07 Å². The third kappa shape index (κ3) is 8.57.